The molecule has 0 heterocycles. The highest BCUT2D eigenvalue weighted by molar-refractivity contribution is 6.15. The lowest BCUT2D eigenvalue weighted by atomic mass is 10.6. The molecule has 0 aliphatic rings. The molecule has 60 valence electrons. The molecule has 4 heteroatoms. The van der Waals surface area contributed by atoms with Crippen LogP contribution in [0.15, 0.2) is 12.7 Å². The largest absolute Gasteiger partial charge is 0.286 e. The predicted octanol–water partition coefficient (Wildman–Crippen LogP) is 0.620. The lowest BCUT2D eigenvalue weighted by Gasteiger charge is -2.07. The van der Waals surface area contributed by atoms with E-state index in [9.17, 15) is 4.79 Å². The van der Waals surface area contributed by atoms with Crippen LogP contribution in [0.3, 0.4) is 0 Å². The van der Waals surface area contributed by atoms with Gasteiger partial charge in [0.05, 0.1) is 0 Å². The standard InChI is InChI=1S/C5H10N2O.CH3Cl/c1-4-5(8)6-7(2)3;1-2/h4H,1H2,2-3H3,(H,6,8);1H3. The van der Waals surface area contributed by atoms with Crippen LogP contribution in [0.2, 0.25) is 0 Å². The summed E-state index contributed by atoms with van der Waals surface area (Å²) in [5, 5.41) is 1.56. The Morgan fingerprint density at radius 2 is 2.00 bits per heavy atom. The van der Waals surface area contributed by atoms with Gasteiger partial charge in [0.1, 0.15) is 0 Å². The lowest BCUT2D eigenvalue weighted by Crippen LogP contribution is -2.34. The maximum Gasteiger partial charge on any atom is 0.257 e. The van der Waals surface area contributed by atoms with Gasteiger partial charge in [-0.2, -0.15) is 0 Å². The fourth-order valence-corrected chi connectivity index (χ4v) is 0.266. The first kappa shape index (κ1) is 12.2. The van der Waals surface area contributed by atoms with Crippen molar-refractivity contribution in [1.82, 2.24) is 10.4 Å². The Morgan fingerprint density at radius 3 is 2.10 bits per heavy atom. The molecule has 1 N–H and O–H groups in total. The maximum absolute atomic E-state index is 10.4. The van der Waals surface area contributed by atoms with Crippen LogP contribution in [-0.2, 0) is 4.79 Å². The maximum atomic E-state index is 10.4. The second-order valence-electron chi connectivity index (χ2n) is 1.57. The Bertz CT molecular complexity index is 104. The van der Waals surface area contributed by atoms with E-state index in [4.69, 9.17) is 0 Å². The molecule has 1 amide bonds. The number of alkyl halides is 1. The number of hydrogen-bond donors (Lipinski definition) is 1. The number of carbonyl (C=O) groups is 1. The molecule has 0 rings (SSSR count). The zero-order valence-electron chi connectivity index (χ0n) is 6.52. The van der Waals surface area contributed by atoms with E-state index in [0.717, 1.165) is 0 Å². The van der Waals surface area contributed by atoms with Gasteiger partial charge in [0.15, 0.2) is 0 Å². The van der Waals surface area contributed by atoms with E-state index >= 15 is 0 Å². The van der Waals surface area contributed by atoms with Crippen molar-refractivity contribution in [2.75, 3.05) is 20.5 Å². The Labute approximate surface area is 66.6 Å². The minimum Gasteiger partial charge on any atom is -0.286 e. The van der Waals surface area contributed by atoms with Crippen molar-refractivity contribution in [2.45, 2.75) is 0 Å². The third kappa shape index (κ3) is 10.4. The summed E-state index contributed by atoms with van der Waals surface area (Å²) in [6, 6.07) is 0. The van der Waals surface area contributed by atoms with Gasteiger partial charge in [-0.15, -0.1) is 11.6 Å². The number of halogens is 1. The monoisotopic (exact) mass is 164 g/mol. The second kappa shape index (κ2) is 8.46. The topological polar surface area (TPSA) is 32.3 Å². The van der Waals surface area contributed by atoms with Gasteiger partial charge in [-0.1, -0.05) is 6.58 Å². The zero-order valence-corrected chi connectivity index (χ0v) is 7.27. The molecule has 0 bridgehead atoms. The summed E-state index contributed by atoms with van der Waals surface area (Å²) >= 11 is 4.64. The first-order chi connectivity index (χ1) is 4.66. The van der Waals surface area contributed by atoms with Crippen molar-refractivity contribution in [3.63, 3.8) is 0 Å². The molecule has 0 fully saturated rings. The van der Waals surface area contributed by atoms with Crippen molar-refractivity contribution in [3.8, 4) is 0 Å². The third-order valence-electron chi connectivity index (χ3n) is 0.519. The molecule has 0 radical (unpaired) electrons. The van der Waals surface area contributed by atoms with E-state index in [1.807, 2.05) is 0 Å². The molecular weight excluding hydrogens is 152 g/mol. The molecule has 10 heavy (non-hydrogen) atoms. The van der Waals surface area contributed by atoms with Gasteiger partial charge in [-0.3, -0.25) is 10.2 Å². The van der Waals surface area contributed by atoms with E-state index in [1.54, 1.807) is 19.1 Å². The molecular formula is C6H13ClN2O. The van der Waals surface area contributed by atoms with E-state index < -0.39 is 0 Å². The summed E-state index contributed by atoms with van der Waals surface area (Å²) in [5.41, 5.74) is 2.47. The van der Waals surface area contributed by atoms with Crippen molar-refractivity contribution in [3.05, 3.63) is 12.7 Å². The highest BCUT2D eigenvalue weighted by atomic mass is 35.5. The molecule has 0 aromatic carbocycles. The molecule has 0 aromatic heterocycles. The SMILES string of the molecule is C=CC(=O)NN(C)C.CCl. The highest BCUT2D eigenvalue weighted by Crippen LogP contribution is 1.66. The van der Waals surface area contributed by atoms with E-state index in [-0.39, 0.29) is 5.91 Å². The van der Waals surface area contributed by atoms with Crippen LogP contribution in [0.5, 0.6) is 0 Å². The smallest absolute Gasteiger partial charge is 0.257 e. The van der Waals surface area contributed by atoms with Crippen molar-refractivity contribution in [2.24, 2.45) is 0 Å². The molecule has 3 nitrogen and oxygen atoms in total. The predicted molar refractivity (Wildman–Crippen MR) is 43.8 cm³/mol. The average Bonchev–Trinajstić information content (AvgIpc) is 1.91. The molecule has 0 atom stereocenters. The minimum absolute atomic E-state index is 0.185. The molecule has 0 saturated heterocycles. The van der Waals surface area contributed by atoms with Crippen LogP contribution in [-0.4, -0.2) is 31.4 Å². The summed E-state index contributed by atoms with van der Waals surface area (Å²) in [4.78, 5) is 10.4. The fraction of sp³-hybridized carbons (Fsp3) is 0.500. The van der Waals surface area contributed by atoms with Gasteiger partial charge < -0.3 is 0 Å². The summed E-state index contributed by atoms with van der Waals surface area (Å²) in [6.45, 7) is 3.27. The number of carbonyl (C=O) groups excluding carboxylic acids is 1. The molecule has 0 aromatic rings. The molecule has 0 spiro atoms. The highest BCUT2D eigenvalue weighted by Gasteiger charge is 1.90. The lowest BCUT2D eigenvalue weighted by molar-refractivity contribution is -0.120. The van der Waals surface area contributed by atoms with Gasteiger partial charge >= 0.3 is 0 Å². The Balaban J connectivity index is 0. The van der Waals surface area contributed by atoms with Gasteiger partial charge in [-0.05, 0) is 6.08 Å². The minimum atomic E-state index is -0.185. The number of nitrogens with zero attached hydrogens (tertiary/aromatic N) is 1. The van der Waals surface area contributed by atoms with Gasteiger partial charge in [-0.25, -0.2) is 5.01 Å². The van der Waals surface area contributed by atoms with Crippen LogP contribution >= 0.6 is 11.6 Å². The zero-order chi connectivity index (χ0) is 8.57. The Morgan fingerprint density at radius 1 is 1.60 bits per heavy atom. The Kier molecular flexibility index (Phi) is 10.3. The van der Waals surface area contributed by atoms with Crippen molar-refractivity contribution < 1.29 is 4.79 Å². The molecule has 0 aliphatic carbocycles. The van der Waals surface area contributed by atoms with Crippen LogP contribution in [0, 0.1) is 0 Å². The van der Waals surface area contributed by atoms with Gasteiger partial charge in [0, 0.05) is 20.5 Å². The summed E-state index contributed by atoms with van der Waals surface area (Å²) < 4.78 is 0. The number of hydrogen-bond acceptors (Lipinski definition) is 2. The fourth-order valence-electron chi connectivity index (χ4n) is 0.266. The average molecular weight is 165 g/mol. The van der Waals surface area contributed by atoms with Gasteiger partial charge in [0.2, 0.25) is 0 Å². The number of amides is 1. The molecule has 0 saturated carbocycles. The number of rotatable bonds is 2. The normalized spacial score (nSPS) is 7.70. The summed E-state index contributed by atoms with van der Waals surface area (Å²) in [5.74, 6) is -0.185. The second-order valence-corrected chi connectivity index (χ2v) is 1.57. The van der Waals surface area contributed by atoms with E-state index in [2.05, 4.69) is 23.6 Å². The van der Waals surface area contributed by atoms with Crippen LogP contribution in [0.4, 0.5) is 0 Å². The van der Waals surface area contributed by atoms with Crippen LogP contribution in [0.25, 0.3) is 0 Å². The number of hydrazine groups is 1. The van der Waals surface area contributed by atoms with E-state index in [1.165, 1.54) is 12.5 Å². The van der Waals surface area contributed by atoms with Crippen molar-refractivity contribution >= 4 is 17.5 Å². The van der Waals surface area contributed by atoms with Gasteiger partial charge in [0.25, 0.3) is 5.91 Å². The van der Waals surface area contributed by atoms with Crippen LogP contribution in [0.1, 0.15) is 0 Å². The Hall–Kier alpha value is -0.540. The number of nitrogens with one attached hydrogen (secondary N) is 1. The van der Waals surface area contributed by atoms with Crippen molar-refractivity contribution in [1.29, 1.82) is 0 Å². The molecule has 0 aliphatic heterocycles. The molecule has 0 unspecified atom stereocenters. The quantitative estimate of drug-likeness (QED) is 0.369. The summed E-state index contributed by atoms with van der Waals surface area (Å²) in [6.07, 6.45) is 2.69. The summed E-state index contributed by atoms with van der Waals surface area (Å²) in [7, 11) is 3.48. The first-order valence-electron chi connectivity index (χ1n) is 2.65. The first-order valence-corrected chi connectivity index (χ1v) is 3.40. The third-order valence-corrected chi connectivity index (χ3v) is 0.519. The van der Waals surface area contributed by atoms with E-state index in [0.29, 0.717) is 0 Å². The van der Waals surface area contributed by atoms with Crippen LogP contribution < -0.4 is 5.43 Å².